The molecule has 1 unspecified atom stereocenters. The summed E-state index contributed by atoms with van der Waals surface area (Å²) < 4.78 is 24.5. The summed E-state index contributed by atoms with van der Waals surface area (Å²) in [5.74, 6) is -0.00400. The summed E-state index contributed by atoms with van der Waals surface area (Å²) in [5.41, 5.74) is 6.43. The molecule has 2 N–H and O–H groups in total. The van der Waals surface area contributed by atoms with Gasteiger partial charge in [0, 0.05) is 19.5 Å². The second-order valence-electron chi connectivity index (χ2n) is 5.23. The number of sulfonamides is 1. The molecule has 1 aliphatic rings. The van der Waals surface area contributed by atoms with Crippen molar-refractivity contribution in [3.05, 3.63) is 24.0 Å². The first-order chi connectivity index (χ1) is 9.36. The van der Waals surface area contributed by atoms with E-state index < -0.39 is 10.0 Å². The molecule has 1 aromatic rings. The molecule has 110 valence electrons. The van der Waals surface area contributed by atoms with Crippen molar-refractivity contribution in [3.8, 4) is 0 Å². The SMILES string of the molecule is CS(=O)(=O)N1CCCC(CC(=O)c2ccc(N)cn2)C1. The first kappa shape index (κ1) is 14.9. The van der Waals surface area contributed by atoms with Crippen molar-refractivity contribution in [3.63, 3.8) is 0 Å². The number of nitrogen functional groups attached to an aromatic ring is 1. The van der Waals surface area contributed by atoms with Gasteiger partial charge in [-0.2, -0.15) is 0 Å². The highest BCUT2D eigenvalue weighted by atomic mass is 32.2. The molecule has 1 aromatic heterocycles. The summed E-state index contributed by atoms with van der Waals surface area (Å²) in [6.07, 6.45) is 4.64. The number of piperidine rings is 1. The lowest BCUT2D eigenvalue weighted by molar-refractivity contribution is 0.0937. The van der Waals surface area contributed by atoms with Crippen LogP contribution in [0.3, 0.4) is 0 Å². The van der Waals surface area contributed by atoms with Crippen molar-refractivity contribution >= 4 is 21.5 Å². The molecule has 1 atom stereocenters. The van der Waals surface area contributed by atoms with E-state index in [-0.39, 0.29) is 11.7 Å². The Labute approximate surface area is 119 Å². The number of rotatable bonds is 4. The molecule has 20 heavy (non-hydrogen) atoms. The fourth-order valence-electron chi connectivity index (χ4n) is 2.43. The number of pyridine rings is 1. The van der Waals surface area contributed by atoms with Crippen molar-refractivity contribution < 1.29 is 13.2 Å². The minimum absolute atomic E-state index is 0.0605. The lowest BCUT2D eigenvalue weighted by atomic mass is 9.93. The van der Waals surface area contributed by atoms with Crippen LogP contribution in [0, 0.1) is 5.92 Å². The van der Waals surface area contributed by atoms with Gasteiger partial charge in [0.25, 0.3) is 0 Å². The molecule has 0 aliphatic carbocycles. The Morgan fingerprint density at radius 1 is 1.50 bits per heavy atom. The van der Waals surface area contributed by atoms with Crippen LogP contribution in [0.2, 0.25) is 0 Å². The van der Waals surface area contributed by atoms with Gasteiger partial charge in [0.15, 0.2) is 5.78 Å². The molecular formula is C13H19N3O3S. The predicted molar refractivity (Wildman–Crippen MR) is 76.7 cm³/mol. The summed E-state index contributed by atoms with van der Waals surface area (Å²) >= 11 is 0. The molecule has 7 heteroatoms. The molecule has 0 spiro atoms. The van der Waals surface area contributed by atoms with E-state index in [0.29, 0.717) is 30.9 Å². The molecule has 1 fully saturated rings. The average molecular weight is 297 g/mol. The van der Waals surface area contributed by atoms with Crippen molar-refractivity contribution in [2.75, 3.05) is 25.1 Å². The highest BCUT2D eigenvalue weighted by Crippen LogP contribution is 2.22. The Hall–Kier alpha value is -1.47. The summed E-state index contributed by atoms with van der Waals surface area (Å²) in [6.45, 7) is 0.961. The van der Waals surface area contributed by atoms with Gasteiger partial charge < -0.3 is 5.73 Å². The molecule has 6 nitrogen and oxygen atoms in total. The van der Waals surface area contributed by atoms with E-state index >= 15 is 0 Å². The largest absolute Gasteiger partial charge is 0.397 e. The van der Waals surface area contributed by atoms with Gasteiger partial charge in [-0.15, -0.1) is 0 Å². The van der Waals surface area contributed by atoms with Crippen LogP contribution < -0.4 is 5.73 Å². The number of carbonyl (C=O) groups excluding carboxylic acids is 1. The van der Waals surface area contributed by atoms with Crippen LogP contribution in [0.15, 0.2) is 18.3 Å². The quantitative estimate of drug-likeness (QED) is 0.834. The van der Waals surface area contributed by atoms with E-state index in [2.05, 4.69) is 4.98 Å². The topological polar surface area (TPSA) is 93.4 Å². The van der Waals surface area contributed by atoms with Crippen LogP contribution in [0.5, 0.6) is 0 Å². The Bertz CT molecular complexity index is 583. The number of carbonyl (C=O) groups is 1. The maximum absolute atomic E-state index is 12.1. The third-order valence-corrected chi connectivity index (χ3v) is 4.77. The van der Waals surface area contributed by atoms with E-state index in [0.717, 1.165) is 12.8 Å². The third-order valence-electron chi connectivity index (χ3n) is 3.50. The van der Waals surface area contributed by atoms with E-state index in [1.807, 2.05) is 0 Å². The fraction of sp³-hybridized carbons (Fsp3) is 0.538. The molecule has 0 bridgehead atoms. The number of hydrogen-bond acceptors (Lipinski definition) is 5. The Kier molecular flexibility index (Phi) is 4.39. The van der Waals surface area contributed by atoms with Crippen LogP contribution >= 0.6 is 0 Å². The molecule has 2 heterocycles. The molecule has 0 aromatic carbocycles. The van der Waals surface area contributed by atoms with Gasteiger partial charge in [-0.1, -0.05) is 0 Å². The van der Waals surface area contributed by atoms with E-state index in [9.17, 15) is 13.2 Å². The van der Waals surface area contributed by atoms with Gasteiger partial charge in [-0.05, 0) is 30.9 Å². The number of Topliss-reactive ketones (excluding diaryl/α,β-unsaturated/α-hetero) is 1. The summed E-state index contributed by atoms with van der Waals surface area (Å²) in [7, 11) is -3.17. The second-order valence-corrected chi connectivity index (χ2v) is 7.22. The summed E-state index contributed by atoms with van der Waals surface area (Å²) in [4.78, 5) is 16.1. The monoisotopic (exact) mass is 297 g/mol. The molecule has 1 saturated heterocycles. The van der Waals surface area contributed by atoms with Crippen molar-refractivity contribution in [2.45, 2.75) is 19.3 Å². The van der Waals surface area contributed by atoms with Gasteiger partial charge in [-0.25, -0.2) is 12.7 Å². The van der Waals surface area contributed by atoms with Crippen molar-refractivity contribution in [1.82, 2.24) is 9.29 Å². The zero-order valence-electron chi connectivity index (χ0n) is 11.4. The number of nitrogens with zero attached hydrogens (tertiary/aromatic N) is 2. The molecule has 0 amide bonds. The van der Waals surface area contributed by atoms with Gasteiger partial charge in [0.1, 0.15) is 5.69 Å². The maximum atomic E-state index is 12.1. The zero-order chi connectivity index (χ0) is 14.8. The zero-order valence-corrected chi connectivity index (χ0v) is 12.3. The highest BCUT2D eigenvalue weighted by Gasteiger charge is 2.27. The smallest absolute Gasteiger partial charge is 0.211 e. The second kappa shape index (κ2) is 5.88. The van der Waals surface area contributed by atoms with Crippen molar-refractivity contribution in [1.29, 1.82) is 0 Å². The lowest BCUT2D eigenvalue weighted by Gasteiger charge is -2.30. The van der Waals surface area contributed by atoms with Crippen LogP contribution in [-0.4, -0.2) is 42.8 Å². The number of aromatic nitrogens is 1. The van der Waals surface area contributed by atoms with Gasteiger partial charge >= 0.3 is 0 Å². The molecule has 0 saturated carbocycles. The summed E-state index contributed by atoms with van der Waals surface area (Å²) in [6, 6.07) is 3.25. The minimum Gasteiger partial charge on any atom is -0.397 e. The first-order valence-electron chi connectivity index (χ1n) is 6.56. The highest BCUT2D eigenvalue weighted by molar-refractivity contribution is 7.88. The number of nitrogens with two attached hydrogens (primary N) is 1. The molecular weight excluding hydrogens is 278 g/mol. The van der Waals surface area contributed by atoms with Gasteiger partial charge in [-0.3, -0.25) is 9.78 Å². The molecule has 2 rings (SSSR count). The van der Waals surface area contributed by atoms with Crippen LogP contribution in [0.25, 0.3) is 0 Å². The normalized spacial score (nSPS) is 20.8. The molecule has 0 radical (unpaired) electrons. The lowest BCUT2D eigenvalue weighted by Crippen LogP contribution is -2.39. The Balaban J connectivity index is 1.99. The van der Waals surface area contributed by atoms with E-state index in [4.69, 9.17) is 5.73 Å². The van der Waals surface area contributed by atoms with Gasteiger partial charge in [0.2, 0.25) is 10.0 Å². The fourth-order valence-corrected chi connectivity index (χ4v) is 3.37. The van der Waals surface area contributed by atoms with Crippen LogP contribution in [0.4, 0.5) is 5.69 Å². The van der Waals surface area contributed by atoms with Crippen molar-refractivity contribution in [2.24, 2.45) is 5.92 Å². The Morgan fingerprint density at radius 3 is 2.85 bits per heavy atom. The van der Waals surface area contributed by atoms with Gasteiger partial charge in [0.05, 0.1) is 18.1 Å². The number of anilines is 1. The maximum Gasteiger partial charge on any atom is 0.211 e. The predicted octanol–water partition coefficient (Wildman–Crippen LogP) is 0.908. The number of hydrogen-bond donors (Lipinski definition) is 1. The first-order valence-corrected chi connectivity index (χ1v) is 8.41. The van der Waals surface area contributed by atoms with Crippen LogP contribution in [-0.2, 0) is 10.0 Å². The van der Waals surface area contributed by atoms with Crippen LogP contribution in [0.1, 0.15) is 29.8 Å². The third kappa shape index (κ3) is 3.77. The molecule has 1 aliphatic heterocycles. The summed E-state index contributed by atoms with van der Waals surface area (Å²) in [5, 5.41) is 0. The Morgan fingerprint density at radius 2 is 2.25 bits per heavy atom. The average Bonchev–Trinajstić information content (AvgIpc) is 2.38. The minimum atomic E-state index is -3.17. The van der Waals surface area contributed by atoms with E-state index in [1.54, 1.807) is 12.1 Å². The number of ketones is 1. The van der Waals surface area contributed by atoms with E-state index in [1.165, 1.54) is 16.8 Å². The standard InChI is InChI=1S/C13H19N3O3S/c1-20(18,19)16-6-2-3-10(9-16)7-13(17)12-5-4-11(14)8-15-12/h4-5,8,10H,2-3,6-7,9,14H2,1H3.